The van der Waals surface area contributed by atoms with Crippen molar-refractivity contribution < 1.29 is 54.3 Å². The third kappa shape index (κ3) is 3.77. The van der Waals surface area contributed by atoms with E-state index in [4.69, 9.17) is 0 Å². The van der Waals surface area contributed by atoms with Gasteiger partial charge in [0.2, 0.25) is 0 Å². The summed E-state index contributed by atoms with van der Waals surface area (Å²) in [5.74, 6) is -12.3. The number of amides is 1. The van der Waals surface area contributed by atoms with Crippen molar-refractivity contribution in [2.24, 2.45) is 0 Å². The molecule has 0 unspecified atom stereocenters. The average molecular weight is 417 g/mol. The lowest BCUT2D eigenvalue weighted by molar-refractivity contribution is 0.0607. The van der Waals surface area contributed by atoms with Gasteiger partial charge in [-0.05, 0) is 12.1 Å². The summed E-state index contributed by atoms with van der Waals surface area (Å²) in [6, 6.07) is 7.16. The number of rotatable bonds is 7. The molecule has 0 saturated heterocycles. The first-order valence-corrected chi connectivity index (χ1v) is 7.75. The Hall–Kier alpha value is -4.74. The second kappa shape index (κ2) is 8.10. The fourth-order valence-corrected chi connectivity index (χ4v) is 2.76. The van der Waals surface area contributed by atoms with Crippen LogP contribution in [0.2, 0.25) is 0 Å². The van der Waals surface area contributed by atoms with Crippen LogP contribution in [0, 0.1) is 0 Å². The third-order valence-corrected chi connectivity index (χ3v) is 3.83. The lowest BCUT2D eigenvalue weighted by Crippen LogP contribution is -2.29. The molecule has 12 heteroatoms. The van der Waals surface area contributed by atoms with Gasteiger partial charge in [0.15, 0.2) is 0 Å². The quantitative estimate of drug-likeness (QED) is 0.378. The van der Waals surface area contributed by atoms with Crippen molar-refractivity contribution in [3.05, 3.63) is 63.7 Å². The molecule has 0 radical (unpaired) electrons. The molecule has 6 N–H and O–H groups in total. The predicted molar refractivity (Wildman–Crippen MR) is 95.6 cm³/mol. The highest BCUT2D eigenvalue weighted by atomic mass is 16.4. The van der Waals surface area contributed by atoms with Crippen LogP contribution in [0.15, 0.2) is 30.3 Å². The molecule has 0 bridgehead atoms. The molecule has 12 nitrogen and oxygen atoms in total. The first-order chi connectivity index (χ1) is 14.0. The summed E-state index contributed by atoms with van der Waals surface area (Å²) in [5, 5.41) is 49.1. The van der Waals surface area contributed by atoms with E-state index in [9.17, 15) is 54.3 Å². The SMILES string of the molecule is O=C(O)c1c(C(=O)O)c(C(=O)O)c(C(=O)Nc2ccccc2)c(C(=O)O)c1C(=O)O. The van der Waals surface area contributed by atoms with E-state index in [-0.39, 0.29) is 5.69 Å². The zero-order chi connectivity index (χ0) is 22.7. The number of aromatic carboxylic acids is 5. The normalized spacial score (nSPS) is 10.1. The zero-order valence-corrected chi connectivity index (χ0v) is 14.6. The van der Waals surface area contributed by atoms with Crippen LogP contribution in [0.1, 0.15) is 62.1 Å². The Kier molecular flexibility index (Phi) is 5.82. The minimum Gasteiger partial charge on any atom is -0.478 e. The summed E-state index contributed by atoms with van der Waals surface area (Å²) in [6.07, 6.45) is 0. The van der Waals surface area contributed by atoms with Crippen LogP contribution < -0.4 is 5.32 Å². The summed E-state index contributed by atoms with van der Waals surface area (Å²) in [5.41, 5.74) is -8.90. The van der Waals surface area contributed by atoms with Gasteiger partial charge in [-0.1, -0.05) is 18.2 Å². The minimum absolute atomic E-state index is 0.0474. The molecule has 1 amide bonds. The van der Waals surface area contributed by atoms with Gasteiger partial charge in [0.05, 0.1) is 33.4 Å². The number of carboxylic acids is 5. The maximum absolute atomic E-state index is 12.7. The maximum Gasteiger partial charge on any atom is 0.337 e. The Balaban J connectivity index is 3.08. The molecule has 0 spiro atoms. The van der Waals surface area contributed by atoms with Crippen molar-refractivity contribution in [1.82, 2.24) is 0 Å². The topological polar surface area (TPSA) is 216 Å². The van der Waals surface area contributed by atoms with Crippen LogP contribution in [0.3, 0.4) is 0 Å². The Morgan fingerprint density at radius 3 is 1.10 bits per heavy atom. The Morgan fingerprint density at radius 2 is 0.800 bits per heavy atom. The Morgan fingerprint density at radius 1 is 0.500 bits per heavy atom. The van der Waals surface area contributed by atoms with E-state index in [2.05, 4.69) is 5.32 Å². The number of carbonyl (C=O) groups is 6. The second-order valence-electron chi connectivity index (χ2n) is 5.60. The van der Waals surface area contributed by atoms with Crippen LogP contribution in [0.5, 0.6) is 0 Å². The fraction of sp³-hybridized carbons (Fsp3) is 0. The molecule has 0 fully saturated rings. The van der Waals surface area contributed by atoms with Gasteiger partial charge in [-0.25, -0.2) is 24.0 Å². The van der Waals surface area contributed by atoms with E-state index in [0.29, 0.717) is 0 Å². The van der Waals surface area contributed by atoms with Crippen LogP contribution >= 0.6 is 0 Å². The highest BCUT2D eigenvalue weighted by Crippen LogP contribution is 2.30. The highest BCUT2D eigenvalue weighted by molar-refractivity contribution is 6.25. The molecule has 154 valence electrons. The molecule has 0 saturated carbocycles. The molecule has 0 aliphatic carbocycles. The molecular formula is C18H11NO11. The number of hydrogen-bond donors (Lipinski definition) is 6. The lowest BCUT2D eigenvalue weighted by Gasteiger charge is -2.18. The van der Waals surface area contributed by atoms with E-state index >= 15 is 0 Å². The molecule has 0 aromatic heterocycles. The molecule has 0 aliphatic rings. The van der Waals surface area contributed by atoms with Gasteiger partial charge in [-0.3, -0.25) is 4.79 Å². The number of carbonyl (C=O) groups excluding carboxylic acids is 1. The lowest BCUT2D eigenvalue weighted by atomic mass is 9.85. The summed E-state index contributed by atoms with van der Waals surface area (Å²) >= 11 is 0. The monoisotopic (exact) mass is 417 g/mol. The van der Waals surface area contributed by atoms with E-state index in [1.165, 1.54) is 24.3 Å². The van der Waals surface area contributed by atoms with Crippen molar-refractivity contribution in [1.29, 1.82) is 0 Å². The first kappa shape index (κ1) is 21.6. The average Bonchev–Trinajstić information content (AvgIpc) is 2.65. The Bertz CT molecular complexity index is 1070. The number of anilines is 1. The van der Waals surface area contributed by atoms with Crippen molar-refractivity contribution >= 4 is 41.4 Å². The number of para-hydroxylation sites is 1. The predicted octanol–water partition coefficient (Wildman–Crippen LogP) is 1.43. The molecule has 30 heavy (non-hydrogen) atoms. The van der Waals surface area contributed by atoms with Crippen LogP contribution in [-0.4, -0.2) is 61.3 Å². The van der Waals surface area contributed by atoms with Gasteiger partial charge >= 0.3 is 29.8 Å². The van der Waals surface area contributed by atoms with Crippen molar-refractivity contribution in [3.63, 3.8) is 0 Å². The zero-order valence-electron chi connectivity index (χ0n) is 14.6. The van der Waals surface area contributed by atoms with E-state index in [1.807, 2.05) is 0 Å². The number of hydrogen-bond acceptors (Lipinski definition) is 6. The van der Waals surface area contributed by atoms with Crippen LogP contribution in [-0.2, 0) is 0 Å². The van der Waals surface area contributed by atoms with E-state index in [0.717, 1.165) is 0 Å². The molecule has 2 aromatic rings. The molecule has 0 heterocycles. The van der Waals surface area contributed by atoms with Crippen molar-refractivity contribution in [3.8, 4) is 0 Å². The van der Waals surface area contributed by atoms with Crippen molar-refractivity contribution in [2.45, 2.75) is 0 Å². The fourth-order valence-electron chi connectivity index (χ4n) is 2.76. The van der Waals surface area contributed by atoms with Gasteiger partial charge < -0.3 is 30.8 Å². The summed E-state index contributed by atoms with van der Waals surface area (Å²) < 4.78 is 0. The van der Waals surface area contributed by atoms with Gasteiger partial charge in [0, 0.05) is 5.69 Å². The van der Waals surface area contributed by atoms with Crippen LogP contribution in [0.4, 0.5) is 5.69 Å². The largest absolute Gasteiger partial charge is 0.478 e. The van der Waals surface area contributed by atoms with Gasteiger partial charge in [-0.2, -0.15) is 0 Å². The standard InChI is InChI=1S/C18H11NO11/c20-13(19-6-4-2-1-3-5-6)7-8(14(21)22)10(16(25)26)12(18(29)30)11(17(27)28)9(7)15(23)24/h1-5H,(H,19,20)(H,21,22)(H,23,24)(H,25,26)(H,27,28)(H,29,30). The molecule has 0 aliphatic heterocycles. The number of carboxylic acid groups (broad SMARTS) is 5. The number of nitrogens with one attached hydrogen (secondary N) is 1. The van der Waals surface area contributed by atoms with Gasteiger partial charge in [0.1, 0.15) is 0 Å². The second-order valence-corrected chi connectivity index (χ2v) is 5.60. The van der Waals surface area contributed by atoms with E-state index < -0.39 is 69.1 Å². The molecule has 2 rings (SSSR count). The molecular weight excluding hydrogens is 406 g/mol. The van der Waals surface area contributed by atoms with Crippen molar-refractivity contribution in [2.75, 3.05) is 5.32 Å². The molecule has 2 aromatic carbocycles. The smallest absolute Gasteiger partial charge is 0.337 e. The maximum atomic E-state index is 12.7. The number of benzene rings is 2. The first-order valence-electron chi connectivity index (χ1n) is 7.75. The highest BCUT2D eigenvalue weighted by Gasteiger charge is 2.40. The Labute approximate surface area is 165 Å². The van der Waals surface area contributed by atoms with Gasteiger partial charge in [-0.15, -0.1) is 0 Å². The van der Waals surface area contributed by atoms with Gasteiger partial charge in [0.25, 0.3) is 5.91 Å². The molecule has 0 atom stereocenters. The third-order valence-electron chi connectivity index (χ3n) is 3.83. The van der Waals surface area contributed by atoms with E-state index in [1.54, 1.807) is 6.07 Å². The summed E-state index contributed by atoms with van der Waals surface area (Å²) in [6.45, 7) is 0. The minimum atomic E-state index is -2.20. The summed E-state index contributed by atoms with van der Waals surface area (Å²) in [4.78, 5) is 71.1. The van der Waals surface area contributed by atoms with Crippen LogP contribution in [0.25, 0.3) is 0 Å². The summed E-state index contributed by atoms with van der Waals surface area (Å²) in [7, 11) is 0.